The van der Waals surface area contributed by atoms with E-state index in [9.17, 15) is 18.0 Å². The summed E-state index contributed by atoms with van der Waals surface area (Å²) in [6.45, 7) is 2.28. The third kappa shape index (κ3) is 5.85. The second-order valence-electron chi connectivity index (χ2n) is 5.74. The first-order valence-corrected chi connectivity index (χ1v) is 7.82. The van der Waals surface area contributed by atoms with Gasteiger partial charge < -0.3 is 14.1 Å². The molecule has 0 spiro atoms. The maximum Gasteiger partial charge on any atom is 0.406 e. The monoisotopic (exact) mass is 355 g/mol. The van der Waals surface area contributed by atoms with Crippen LogP contribution in [0.5, 0.6) is 5.75 Å². The Balaban J connectivity index is 1.95. The van der Waals surface area contributed by atoms with Gasteiger partial charge in [-0.25, -0.2) is 0 Å². The van der Waals surface area contributed by atoms with Gasteiger partial charge in [0.05, 0.1) is 25.8 Å². The molecule has 1 aromatic heterocycles. The number of ether oxygens (including phenoxy) is 1. The van der Waals surface area contributed by atoms with Gasteiger partial charge >= 0.3 is 6.18 Å². The molecule has 1 heterocycles. The summed E-state index contributed by atoms with van der Waals surface area (Å²) in [7, 11) is 0. The summed E-state index contributed by atoms with van der Waals surface area (Å²) < 4.78 is 48.8. The van der Waals surface area contributed by atoms with Gasteiger partial charge in [0.15, 0.2) is 0 Å². The second-order valence-corrected chi connectivity index (χ2v) is 5.74. The van der Waals surface area contributed by atoms with Gasteiger partial charge in [0.2, 0.25) is 5.91 Å². The van der Waals surface area contributed by atoms with Gasteiger partial charge in [0.1, 0.15) is 18.1 Å². The molecule has 4 nitrogen and oxygen atoms in total. The quantitative estimate of drug-likeness (QED) is 0.745. The van der Waals surface area contributed by atoms with Crippen molar-refractivity contribution in [3.63, 3.8) is 0 Å². The largest absolute Gasteiger partial charge is 0.493 e. The predicted molar refractivity (Wildman–Crippen MR) is 86.2 cm³/mol. The zero-order chi connectivity index (χ0) is 18.4. The lowest BCUT2D eigenvalue weighted by Crippen LogP contribution is -2.39. The molecule has 1 aromatic carbocycles. The Kier molecular flexibility index (Phi) is 6.12. The lowest BCUT2D eigenvalue weighted by molar-refractivity contribution is -0.163. The van der Waals surface area contributed by atoms with Crippen molar-refractivity contribution >= 4 is 5.91 Å². The van der Waals surface area contributed by atoms with Crippen molar-refractivity contribution in [2.24, 2.45) is 0 Å². The minimum Gasteiger partial charge on any atom is -0.493 e. The number of hydrogen-bond donors (Lipinski definition) is 0. The Morgan fingerprint density at radius 2 is 1.96 bits per heavy atom. The molecule has 0 saturated heterocycles. The van der Waals surface area contributed by atoms with E-state index in [0.29, 0.717) is 11.5 Å². The first-order chi connectivity index (χ1) is 11.8. The highest BCUT2D eigenvalue weighted by atomic mass is 19.4. The van der Waals surface area contributed by atoms with Gasteiger partial charge in [0, 0.05) is 0 Å². The van der Waals surface area contributed by atoms with E-state index in [0.717, 1.165) is 16.0 Å². The summed E-state index contributed by atoms with van der Waals surface area (Å²) in [5.74, 6) is 0.285. The van der Waals surface area contributed by atoms with Crippen LogP contribution in [0, 0.1) is 13.8 Å². The number of hydrogen-bond acceptors (Lipinski definition) is 3. The Labute approximate surface area is 144 Å². The molecule has 7 heteroatoms. The first-order valence-electron chi connectivity index (χ1n) is 7.82. The van der Waals surface area contributed by atoms with Gasteiger partial charge in [-0.2, -0.15) is 13.2 Å². The molecule has 2 rings (SSSR count). The van der Waals surface area contributed by atoms with Crippen LogP contribution in [0.25, 0.3) is 0 Å². The number of carbonyl (C=O) groups excluding carboxylic acids is 1. The minimum atomic E-state index is -4.48. The number of aryl methyl sites for hydroxylation is 1. The van der Waals surface area contributed by atoms with E-state index in [1.807, 2.05) is 26.0 Å². The van der Waals surface area contributed by atoms with E-state index in [1.165, 1.54) is 12.3 Å². The van der Waals surface area contributed by atoms with Crippen LogP contribution < -0.4 is 4.74 Å². The maximum absolute atomic E-state index is 12.7. The fourth-order valence-electron chi connectivity index (χ4n) is 2.33. The molecular formula is C18H20F3NO3. The fraction of sp³-hybridized carbons (Fsp3) is 0.389. The lowest BCUT2D eigenvalue weighted by atomic mass is 10.1. The Bertz CT molecular complexity index is 696. The molecule has 0 N–H and O–H groups in total. The van der Waals surface area contributed by atoms with E-state index in [4.69, 9.17) is 9.15 Å². The van der Waals surface area contributed by atoms with Crippen molar-refractivity contribution in [1.82, 2.24) is 4.90 Å². The molecule has 0 aliphatic heterocycles. The van der Waals surface area contributed by atoms with Crippen molar-refractivity contribution in [2.45, 2.75) is 33.0 Å². The summed E-state index contributed by atoms with van der Waals surface area (Å²) >= 11 is 0. The molecule has 0 aliphatic rings. The minimum absolute atomic E-state index is 0.00956. The number of amides is 1. The average Bonchev–Trinajstić information content (AvgIpc) is 3.02. The van der Waals surface area contributed by atoms with E-state index >= 15 is 0 Å². The van der Waals surface area contributed by atoms with E-state index in [2.05, 4.69) is 0 Å². The fourth-order valence-corrected chi connectivity index (χ4v) is 2.33. The average molecular weight is 355 g/mol. The topological polar surface area (TPSA) is 42.7 Å². The lowest BCUT2D eigenvalue weighted by Gasteiger charge is -2.23. The number of halogens is 3. The Hall–Kier alpha value is -2.44. The van der Waals surface area contributed by atoms with Crippen molar-refractivity contribution in [3.8, 4) is 5.75 Å². The van der Waals surface area contributed by atoms with Crippen LogP contribution in [-0.2, 0) is 11.3 Å². The zero-order valence-corrected chi connectivity index (χ0v) is 14.1. The van der Waals surface area contributed by atoms with Crippen LogP contribution in [-0.4, -0.2) is 30.1 Å². The number of nitrogens with zero attached hydrogens (tertiary/aromatic N) is 1. The summed E-state index contributed by atoms with van der Waals surface area (Å²) in [5, 5.41) is 0. The van der Waals surface area contributed by atoms with Gasteiger partial charge in [-0.3, -0.25) is 4.79 Å². The smallest absolute Gasteiger partial charge is 0.406 e. The summed E-state index contributed by atoms with van der Waals surface area (Å²) in [4.78, 5) is 12.9. The van der Waals surface area contributed by atoms with Crippen LogP contribution >= 0.6 is 0 Å². The molecule has 2 aromatic rings. The zero-order valence-electron chi connectivity index (χ0n) is 14.1. The van der Waals surface area contributed by atoms with Crippen LogP contribution in [0.4, 0.5) is 13.2 Å². The van der Waals surface area contributed by atoms with Crippen LogP contribution in [0.15, 0.2) is 41.0 Å². The molecule has 0 bridgehead atoms. The molecular weight excluding hydrogens is 335 g/mol. The molecule has 25 heavy (non-hydrogen) atoms. The Morgan fingerprint density at radius 3 is 2.60 bits per heavy atom. The highest BCUT2D eigenvalue weighted by molar-refractivity contribution is 5.76. The van der Waals surface area contributed by atoms with E-state index in [-0.39, 0.29) is 19.6 Å². The van der Waals surface area contributed by atoms with Crippen LogP contribution in [0.2, 0.25) is 0 Å². The summed E-state index contributed by atoms with van der Waals surface area (Å²) in [6.07, 6.45) is -3.27. The van der Waals surface area contributed by atoms with Crippen LogP contribution in [0.3, 0.4) is 0 Å². The standard InChI is InChI=1S/C18H20F3NO3/c1-13-5-3-7-16(14(13)2)25-10-8-17(23)22(12-18(19,20)21)11-15-6-4-9-24-15/h3-7,9H,8,10-12H2,1-2H3. The van der Waals surface area contributed by atoms with Crippen molar-refractivity contribution in [1.29, 1.82) is 0 Å². The number of furan rings is 1. The highest BCUT2D eigenvalue weighted by Crippen LogP contribution is 2.22. The van der Waals surface area contributed by atoms with Crippen molar-refractivity contribution in [3.05, 3.63) is 53.5 Å². The highest BCUT2D eigenvalue weighted by Gasteiger charge is 2.33. The SMILES string of the molecule is Cc1cccc(OCCC(=O)N(Cc2ccco2)CC(F)(F)F)c1C. The molecule has 0 radical (unpaired) electrons. The first kappa shape index (κ1) is 18.9. The normalized spacial score (nSPS) is 11.4. The molecule has 0 saturated carbocycles. The molecule has 1 amide bonds. The molecule has 0 unspecified atom stereocenters. The summed E-state index contributed by atoms with van der Waals surface area (Å²) in [6, 6.07) is 8.62. The van der Waals surface area contributed by atoms with Gasteiger partial charge in [-0.15, -0.1) is 0 Å². The van der Waals surface area contributed by atoms with Crippen molar-refractivity contribution < 1.29 is 27.1 Å². The van der Waals surface area contributed by atoms with Crippen molar-refractivity contribution in [2.75, 3.05) is 13.2 Å². The third-order valence-electron chi connectivity index (χ3n) is 3.78. The van der Waals surface area contributed by atoms with Gasteiger partial charge in [0.25, 0.3) is 0 Å². The molecule has 0 atom stereocenters. The van der Waals surface area contributed by atoms with E-state index < -0.39 is 18.6 Å². The molecule has 136 valence electrons. The van der Waals surface area contributed by atoms with Crippen LogP contribution in [0.1, 0.15) is 23.3 Å². The predicted octanol–water partition coefficient (Wildman–Crippen LogP) is 4.26. The number of benzene rings is 1. The van der Waals surface area contributed by atoms with E-state index in [1.54, 1.807) is 12.1 Å². The molecule has 0 aliphatic carbocycles. The van der Waals surface area contributed by atoms with Gasteiger partial charge in [-0.05, 0) is 43.2 Å². The second kappa shape index (κ2) is 8.09. The summed E-state index contributed by atoms with van der Waals surface area (Å²) in [5.41, 5.74) is 1.98. The maximum atomic E-state index is 12.7. The molecule has 0 fully saturated rings. The Morgan fingerprint density at radius 1 is 1.20 bits per heavy atom. The number of alkyl halides is 3. The number of carbonyl (C=O) groups is 1. The third-order valence-corrected chi connectivity index (χ3v) is 3.78. The number of rotatable bonds is 7. The van der Waals surface area contributed by atoms with Gasteiger partial charge in [-0.1, -0.05) is 12.1 Å².